The van der Waals surface area contributed by atoms with Crippen molar-refractivity contribution in [3.8, 4) is 0 Å². The average Bonchev–Trinajstić information content (AvgIpc) is 2.59. The summed E-state index contributed by atoms with van der Waals surface area (Å²) in [5.74, 6) is -0.402. The molecule has 0 aliphatic carbocycles. The lowest BCUT2D eigenvalue weighted by molar-refractivity contribution is -0.136. The number of hydrogen-bond acceptors (Lipinski definition) is 5. The number of pyridine rings is 1. The van der Waals surface area contributed by atoms with Gasteiger partial charge < -0.3 is 10.2 Å². The maximum atomic E-state index is 10.7. The molecule has 0 fully saturated rings. The van der Waals surface area contributed by atoms with E-state index in [4.69, 9.17) is 5.11 Å². The molecule has 0 radical (unpaired) electrons. The first-order valence-corrected chi connectivity index (χ1v) is 7.17. The molecule has 6 nitrogen and oxygen atoms in total. The Morgan fingerprint density at radius 2 is 1.87 bits per heavy atom. The van der Waals surface area contributed by atoms with Gasteiger partial charge in [-0.1, -0.05) is 43.0 Å². The number of hydrogen-bond donors (Lipinski definition) is 3. The Kier molecular flexibility index (Phi) is 5.71. The second kappa shape index (κ2) is 7.95. The lowest BCUT2D eigenvalue weighted by Crippen LogP contribution is -2.41. The number of carbonyl (C=O) groups is 1. The van der Waals surface area contributed by atoms with Gasteiger partial charge in [-0.3, -0.25) is 10.2 Å². The Morgan fingerprint density at radius 1 is 1.17 bits per heavy atom. The smallest absolute Gasteiger partial charge is 0.303 e. The molecule has 2 aromatic rings. The Labute approximate surface area is 134 Å². The predicted octanol–water partition coefficient (Wildman–Crippen LogP) is 2.46. The number of aromatic nitrogens is 1. The van der Waals surface area contributed by atoms with Crippen molar-refractivity contribution in [3.63, 3.8) is 0 Å². The summed E-state index contributed by atoms with van der Waals surface area (Å²) in [6.45, 7) is 3.81. The molecular formula is C17H19N3O3. The first-order chi connectivity index (χ1) is 11.1. The van der Waals surface area contributed by atoms with Gasteiger partial charge in [-0.05, 0) is 18.6 Å². The molecule has 1 aromatic carbocycles. The van der Waals surface area contributed by atoms with Crippen molar-refractivity contribution in [2.45, 2.75) is 19.1 Å². The number of aliphatic hydroxyl groups is 1. The number of nitrogens with zero attached hydrogens (tertiary/aromatic N) is 2. The van der Waals surface area contributed by atoms with Gasteiger partial charge in [0.2, 0.25) is 0 Å². The zero-order valence-corrected chi connectivity index (χ0v) is 12.6. The van der Waals surface area contributed by atoms with Crippen LogP contribution >= 0.6 is 0 Å². The topological polar surface area (TPSA) is 85.7 Å². The highest BCUT2D eigenvalue weighted by Gasteiger charge is 2.19. The van der Waals surface area contributed by atoms with Gasteiger partial charge in [0.05, 0.1) is 6.42 Å². The molecule has 2 rings (SSSR count). The Balaban J connectivity index is 2.19. The highest BCUT2D eigenvalue weighted by molar-refractivity contribution is 5.67. The van der Waals surface area contributed by atoms with Crippen LogP contribution in [0.1, 0.15) is 24.6 Å². The fourth-order valence-corrected chi connectivity index (χ4v) is 2.00. The second-order valence-corrected chi connectivity index (χ2v) is 4.95. The third-order valence-electron chi connectivity index (χ3n) is 3.16. The first-order valence-electron chi connectivity index (χ1n) is 7.17. The summed E-state index contributed by atoms with van der Waals surface area (Å²) in [6, 6.07) is 14.4. The zero-order chi connectivity index (χ0) is 16.7. The number of aliphatic hydroxyl groups excluding tert-OH is 1. The summed E-state index contributed by atoms with van der Waals surface area (Å²) in [5.41, 5.74) is 4.11. The van der Waals surface area contributed by atoms with Crippen LogP contribution in [0.25, 0.3) is 0 Å². The fourth-order valence-electron chi connectivity index (χ4n) is 2.00. The molecule has 1 aromatic heterocycles. The van der Waals surface area contributed by atoms with E-state index in [1.54, 1.807) is 36.5 Å². The SMILES string of the molecule is C=C(CCC(=O)O)NN(c1ccccn1)C(O)c1ccccc1. The van der Waals surface area contributed by atoms with Gasteiger partial charge in [0.1, 0.15) is 5.82 Å². The van der Waals surface area contributed by atoms with Gasteiger partial charge >= 0.3 is 5.97 Å². The molecule has 3 N–H and O–H groups in total. The van der Waals surface area contributed by atoms with E-state index in [1.165, 1.54) is 5.01 Å². The molecule has 0 amide bonds. The Bertz CT molecular complexity index is 647. The van der Waals surface area contributed by atoms with E-state index in [9.17, 15) is 9.90 Å². The van der Waals surface area contributed by atoms with E-state index < -0.39 is 12.2 Å². The zero-order valence-electron chi connectivity index (χ0n) is 12.6. The minimum absolute atomic E-state index is 0.0384. The number of carboxylic acids is 1. The minimum atomic E-state index is -0.993. The van der Waals surface area contributed by atoms with Crippen molar-refractivity contribution in [1.82, 2.24) is 10.4 Å². The number of carboxylic acid groups (broad SMARTS) is 1. The molecule has 0 aliphatic rings. The minimum Gasteiger partial charge on any atom is -0.481 e. The molecule has 6 heteroatoms. The molecule has 0 aliphatic heterocycles. The standard InChI is InChI=1S/C17H19N3O3/c1-13(10-11-16(21)22)19-20(15-9-5-6-12-18-15)17(23)14-7-3-2-4-8-14/h2-9,12,17,19,23H,1,10-11H2,(H,21,22). The first kappa shape index (κ1) is 16.5. The number of nitrogens with one attached hydrogen (secondary N) is 1. The molecule has 0 spiro atoms. The molecule has 120 valence electrons. The summed E-state index contributed by atoms with van der Waals surface area (Å²) in [6.07, 6.45) is 0.832. The number of hydrazine groups is 1. The molecule has 0 saturated carbocycles. The highest BCUT2D eigenvalue weighted by Crippen LogP contribution is 2.22. The maximum absolute atomic E-state index is 10.7. The monoisotopic (exact) mass is 313 g/mol. The quantitative estimate of drug-likeness (QED) is 0.513. The van der Waals surface area contributed by atoms with Gasteiger partial charge in [0.25, 0.3) is 0 Å². The number of benzene rings is 1. The van der Waals surface area contributed by atoms with Crippen molar-refractivity contribution in [2.24, 2.45) is 0 Å². The largest absolute Gasteiger partial charge is 0.481 e. The van der Waals surface area contributed by atoms with E-state index in [-0.39, 0.29) is 12.8 Å². The van der Waals surface area contributed by atoms with Gasteiger partial charge in [0, 0.05) is 17.5 Å². The summed E-state index contributed by atoms with van der Waals surface area (Å²) in [5, 5.41) is 20.8. The number of anilines is 1. The van der Waals surface area contributed by atoms with Crippen molar-refractivity contribution < 1.29 is 15.0 Å². The summed E-state index contributed by atoms with van der Waals surface area (Å²) >= 11 is 0. The van der Waals surface area contributed by atoms with E-state index in [1.807, 2.05) is 18.2 Å². The van der Waals surface area contributed by atoms with Crippen LogP contribution in [0.5, 0.6) is 0 Å². The van der Waals surface area contributed by atoms with Gasteiger partial charge in [-0.15, -0.1) is 0 Å². The number of allylic oxidation sites excluding steroid dienone is 1. The van der Waals surface area contributed by atoms with Crippen LogP contribution in [-0.4, -0.2) is 21.2 Å². The Morgan fingerprint density at radius 3 is 2.48 bits per heavy atom. The van der Waals surface area contributed by atoms with E-state index in [0.717, 1.165) is 0 Å². The van der Waals surface area contributed by atoms with Crippen molar-refractivity contribution in [2.75, 3.05) is 5.01 Å². The summed E-state index contributed by atoms with van der Waals surface area (Å²) in [7, 11) is 0. The highest BCUT2D eigenvalue weighted by atomic mass is 16.4. The van der Waals surface area contributed by atoms with Gasteiger partial charge in [-0.25, -0.2) is 9.99 Å². The number of aliphatic carboxylic acids is 1. The van der Waals surface area contributed by atoms with Gasteiger partial charge in [-0.2, -0.15) is 0 Å². The molecule has 0 bridgehead atoms. The van der Waals surface area contributed by atoms with Crippen molar-refractivity contribution >= 4 is 11.8 Å². The second-order valence-electron chi connectivity index (χ2n) is 4.95. The molecule has 1 atom stereocenters. The van der Waals surface area contributed by atoms with Gasteiger partial charge in [0.15, 0.2) is 6.23 Å². The predicted molar refractivity (Wildman–Crippen MR) is 87.3 cm³/mol. The third-order valence-corrected chi connectivity index (χ3v) is 3.16. The lowest BCUT2D eigenvalue weighted by atomic mass is 10.2. The summed E-state index contributed by atoms with van der Waals surface area (Å²) in [4.78, 5) is 14.9. The maximum Gasteiger partial charge on any atom is 0.303 e. The third kappa shape index (κ3) is 4.82. The van der Waals surface area contributed by atoms with E-state index in [2.05, 4.69) is 17.0 Å². The summed E-state index contributed by atoms with van der Waals surface area (Å²) < 4.78 is 0. The van der Waals surface area contributed by atoms with Crippen LogP contribution < -0.4 is 10.4 Å². The van der Waals surface area contributed by atoms with Crippen LogP contribution in [0, 0.1) is 0 Å². The number of rotatable bonds is 8. The normalized spacial score (nSPS) is 11.5. The van der Waals surface area contributed by atoms with E-state index >= 15 is 0 Å². The lowest BCUT2D eigenvalue weighted by Gasteiger charge is -2.31. The Hall–Kier alpha value is -2.86. The molecule has 0 saturated heterocycles. The molecule has 1 heterocycles. The van der Waals surface area contributed by atoms with Crippen molar-refractivity contribution in [1.29, 1.82) is 0 Å². The van der Waals surface area contributed by atoms with E-state index in [0.29, 0.717) is 17.1 Å². The van der Waals surface area contributed by atoms with Crippen LogP contribution in [-0.2, 0) is 4.79 Å². The van der Waals surface area contributed by atoms with Crippen LogP contribution in [0.15, 0.2) is 67.0 Å². The molecule has 1 unspecified atom stereocenters. The van der Waals surface area contributed by atoms with Crippen LogP contribution in [0.4, 0.5) is 5.82 Å². The average molecular weight is 313 g/mol. The van der Waals surface area contributed by atoms with Crippen LogP contribution in [0.2, 0.25) is 0 Å². The molecular weight excluding hydrogens is 294 g/mol. The fraction of sp³-hybridized carbons (Fsp3) is 0.176. The van der Waals surface area contributed by atoms with Crippen molar-refractivity contribution in [3.05, 3.63) is 72.6 Å². The molecule has 23 heavy (non-hydrogen) atoms. The van der Waals surface area contributed by atoms with Crippen LogP contribution in [0.3, 0.4) is 0 Å².